The van der Waals surface area contributed by atoms with E-state index < -0.39 is 42.2 Å². The molecule has 44 heavy (non-hydrogen) atoms. The molecule has 0 bridgehead atoms. The zero-order valence-corrected chi connectivity index (χ0v) is 27.6. The van der Waals surface area contributed by atoms with Gasteiger partial charge in [-0.1, -0.05) is 32.3 Å². The highest BCUT2D eigenvalue weighted by molar-refractivity contribution is 7.89. The van der Waals surface area contributed by atoms with Crippen LogP contribution in [0, 0.1) is 12.8 Å². The van der Waals surface area contributed by atoms with Crippen molar-refractivity contribution in [2.45, 2.75) is 94.3 Å². The highest BCUT2D eigenvalue weighted by Gasteiger charge is 2.39. The van der Waals surface area contributed by atoms with E-state index in [0.717, 1.165) is 44.2 Å². The average molecular weight is 663 g/mol. The summed E-state index contributed by atoms with van der Waals surface area (Å²) in [6.07, 6.45) is 0.497. The highest BCUT2D eigenvalue weighted by atomic mass is 32.2. The first-order chi connectivity index (χ1) is 20.5. The van der Waals surface area contributed by atoms with Gasteiger partial charge in [-0.15, -0.1) is 0 Å². The van der Waals surface area contributed by atoms with Crippen LogP contribution in [0.2, 0.25) is 0 Å². The largest absolute Gasteiger partial charge is 0.417 e. The zero-order valence-electron chi connectivity index (χ0n) is 26.0. The molecule has 0 spiro atoms. The molecule has 9 nitrogen and oxygen atoms in total. The maximum Gasteiger partial charge on any atom is 0.417 e. The molecular weight excluding hydrogens is 617 g/mol. The van der Waals surface area contributed by atoms with Crippen LogP contribution in [0.15, 0.2) is 34.1 Å². The smallest absolute Gasteiger partial charge is 0.379 e. The zero-order chi connectivity index (χ0) is 32.3. The topological polar surface area (TPSA) is 110 Å². The summed E-state index contributed by atoms with van der Waals surface area (Å²) in [5.74, 6) is 0.251. The predicted molar refractivity (Wildman–Crippen MR) is 163 cm³/mol. The number of alkyl halides is 3. The normalized spacial score (nSPS) is 18.2. The standard InChI is InChI=1S/C30H45F3N4O5S2/c1-5-29(3,4)35-44(40,41)27-12-11-24(19-25(27)30(31,32)33)26-20-28(22(2)37(26)21-23-9-7-6-8-10-23)43(38,39)34-13-14-36-15-17-42-18-16-36/h11-12,19-20,23,34-35H,5-10,13-18,21H2,1-4H3. The molecule has 0 atom stereocenters. The van der Waals surface area contributed by atoms with E-state index in [0.29, 0.717) is 57.2 Å². The SMILES string of the molecule is CCC(C)(C)NS(=O)(=O)c1ccc(-c2cc(S(=O)(=O)NCCN3CCOCC3)c(C)n2CC2CCCCC2)cc1C(F)(F)F. The number of aromatic nitrogens is 1. The Morgan fingerprint density at radius 3 is 2.23 bits per heavy atom. The first-order valence-corrected chi connectivity index (χ1v) is 18.3. The van der Waals surface area contributed by atoms with Gasteiger partial charge in [-0.2, -0.15) is 13.2 Å². The summed E-state index contributed by atoms with van der Waals surface area (Å²) in [7, 11) is -8.51. The molecule has 0 unspecified atom stereocenters. The lowest BCUT2D eigenvalue weighted by Gasteiger charge is -2.26. The number of nitrogens with one attached hydrogen (secondary N) is 2. The Hall–Kier alpha value is -1.97. The molecule has 2 aromatic rings. The van der Waals surface area contributed by atoms with Crippen molar-refractivity contribution in [1.29, 1.82) is 0 Å². The Morgan fingerprint density at radius 2 is 1.61 bits per heavy atom. The first-order valence-electron chi connectivity index (χ1n) is 15.3. The lowest BCUT2D eigenvalue weighted by molar-refractivity contribution is -0.139. The summed E-state index contributed by atoms with van der Waals surface area (Å²) in [6, 6.07) is 4.53. The second kappa shape index (κ2) is 13.8. The molecule has 2 heterocycles. The maximum atomic E-state index is 14.4. The second-order valence-electron chi connectivity index (χ2n) is 12.5. The van der Waals surface area contributed by atoms with Crippen molar-refractivity contribution in [3.05, 3.63) is 35.5 Å². The van der Waals surface area contributed by atoms with Crippen molar-refractivity contribution >= 4 is 20.0 Å². The molecule has 1 aliphatic carbocycles. The molecule has 1 saturated heterocycles. The van der Waals surface area contributed by atoms with E-state index in [1.54, 1.807) is 32.3 Å². The summed E-state index contributed by atoms with van der Waals surface area (Å²) in [5.41, 5.74) is -1.42. The van der Waals surface area contributed by atoms with Gasteiger partial charge < -0.3 is 9.30 Å². The van der Waals surface area contributed by atoms with Crippen molar-refractivity contribution < 1.29 is 34.7 Å². The van der Waals surface area contributed by atoms with Crippen LogP contribution in [0.4, 0.5) is 13.2 Å². The first kappa shape index (κ1) is 34.9. The lowest BCUT2D eigenvalue weighted by atomic mass is 9.89. The fraction of sp³-hybridized carbons (Fsp3) is 0.667. The Bertz CT molecular complexity index is 1510. The molecule has 1 aliphatic heterocycles. The third-order valence-corrected chi connectivity index (χ3v) is 12.1. The van der Waals surface area contributed by atoms with E-state index in [1.165, 1.54) is 12.1 Å². The van der Waals surface area contributed by atoms with E-state index >= 15 is 0 Å². The third kappa shape index (κ3) is 8.43. The minimum Gasteiger partial charge on any atom is -0.379 e. The fourth-order valence-electron chi connectivity index (χ4n) is 5.87. The molecule has 2 fully saturated rings. The molecule has 248 valence electrons. The van der Waals surface area contributed by atoms with Gasteiger partial charge in [0, 0.05) is 49.7 Å². The molecule has 1 aromatic carbocycles. The van der Waals surface area contributed by atoms with Gasteiger partial charge in [0.25, 0.3) is 0 Å². The minimum absolute atomic E-state index is 0.00176. The van der Waals surface area contributed by atoms with Crippen LogP contribution in [0.3, 0.4) is 0 Å². The summed E-state index contributed by atoms with van der Waals surface area (Å²) in [4.78, 5) is 1.24. The van der Waals surface area contributed by atoms with Crippen LogP contribution < -0.4 is 9.44 Å². The Kier molecular flexibility index (Phi) is 10.9. The van der Waals surface area contributed by atoms with Gasteiger partial charge in [0.15, 0.2) is 0 Å². The molecule has 2 N–H and O–H groups in total. The summed E-state index contributed by atoms with van der Waals surface area (Å²) < 4.78 is 109. The van der Waals surface area contributed by atoms with Gasteiger partial charge in [-0.25, -0.2) is 26.3 Å². The van der Waals surface area contributed by atoms with Crippen LogP contribution in [0.5, 0.6) is 0 Å². The van der Waals surface area contributed by atoms with E-state index in [2.05, 4.69) is 14.3 Å². The van der Waals surface area contributed by atoms with E-state index in [1.807, 2.05) is 0 Å². The molecule has 0 radical (unpaired) electrons. The van der Waals surface area contributed by atoms with Gasteiger partial charge in [0.05, 0.1) is 23.7 Å². The number of benzene rings is 1. The summed E-state index contributed by atoms with van der Waals surface area (Å²) in [6.45, 7) is 10.3. The molecule has 1 saturated carbocycles. The predicted octanol–water partition coefficient (Wildman–Crippen LogP) is 5.14. The van der Waals surface area contributed by atoms with Gasteiger partial charge in [0.1, 0.15) is 4.90 Å². The molecule has 14 heteroatoms. The van der Waals surface area contributed by atoms with Crippen LogP contribution in [0.1, 0.15) is 70.6 Å². The summed E-state index contributed by atoms with van der Waals surface area (Å²) >= 11 is 0. The number of hydrogen-bond donors (Lipinski definition) is 2. The van der Waals surface area contributed by atoms with Crippen molar-refractivity contribution in [2.75, 3.05) is 39.4 Å². The molecular formula is C30H45F3N4O5S2. The second-order valence-corrected chi connectivity index (χ2v) is 15.9. The number of sulfonamides is 2. The van der Waals surface area contributed by atoms with Gasteiger partial charge in [0.2, 0.25) is 20.0 Å². The van der Waals surface area contributed by atoms with Crippen LogP contribution in [-0.2, 0) is 37.5 Å². The number of ether oxygens (including phenoxy) is 1. The van der Waals surface area contributed by atoms with Crippen LogP contribution in [-0.4, -0.2) is 71.2 Å². The van der Waals surface area contributed by atoms with Crippen molar-refractivity contribution in [3.8, 4) is 11.3 Å². The van der Waals surface area contributed by atoms with Gasteiger partial charge in [-0.3, -0.25) is 4.90 Å². The Morgan fingerprint density at radius 1 is 0.955 bits per heavy atom. The number of nitrogens with zero attached hydrogens (tertiary/aromatic N) is 2. The van der Waals surface area contributed by atoms with E-state index in [-0.39, 0.29) is 22.9 Å². The molecule has 2 aliphatic rings. The minimum atomic E-state index is -4.97. The maximum absolute atomic E-state index is 14.4. The lowest BCUT2D eigenvalue weighted by Crippen LogP contribution is -2.43. The molecule has 1 aromatic heterocycles. The number of hydrogen-bond acceptors (Lipinski definition) is 6. The fourth-order valence-corrected chi connectivity index (χ4v) is 8.85. The van der Waals surface area contributed by atoms with Crippen molar-refractivity contribution in [2.24, 2.45) is 5.92 Å². The molecule has 4 rings (SSSR count). The monoisotopic (exact) mass is 662 g/mol. The number of morpholine rings is 1. The highest BCUT2D eigenvalue weighted by Crippen LogP contribution is 2.39. The van der Waals surface area contributed by atoms with Crippen molar-refractivity contribution in [3.63, 3.8) is 0 Å². The summed E-state index contributed by atoms with van der Waals surface area (Å²) in [5, 5.41) is 0. The van der Waals surface area contributed by atoms with Crippen LogP contribution in [0.25, 0.3) is 11.3 Å². The third-order valence-electron chi connectivity index (χ3n) is 8.76. The van der Waals surface area contributed by atoms with Crippen molar-refractivity contribution in [1.82, 2.24) is 18.9 Å². The van der Waals surface area contributed by atoms with Crippen LogP contribution >= 0.6 is 0 Å². The quantitative estimate of drug-likeness (QED) is 0.326. The average Bonchev–Trinajstić information content (AvgIpc) is 3.29. The number of halogens is 3. The Labute approximate surface area is 259 Å². The number of rotatable bonds is 12. The Balaban J connectivity index is 1.75. The van der Waals surface area contributed by atoms with E-state index in [9.17, 15) is 30.0 Å². The molecule has 0 amide bonds. The van der Waals surface area contributed by atoms with E-state index in [4.69, 9.17) is 4.74 Å². The van der Waals surface area contributed by atoms with Gasteiger partial charge >= 0.3 is 6.18 Å². The van der Waals surface area contributed by atoms with Gasteiger partial charge in [-0.05, 0) is 69.7 Å².